The number of halogens is 1. The summed E-state index contributed by atoms with van der Waals surface area (Å²) >= 11 is 5.43. The predicted molar refractivity (Wildman–Crippen MR) is 42.0 cm³/mol. The lowest BCUT2D eigenvalue weighted by Gasteiger charge is -1.93. The first-order chi connectivity index (χ1) is 5.29. The Labute approximate surface area is 68.0 Å². The van der Waals surface area contributed by atoms with Crippen LogP contribution in [0.3, 0.4) is 0 Å². The highest BCUT2D eigenvalue weighted by atomic mass is 35.5. The highest BCUT2D eigenvalue weighted by molar-refractivity contribution is 6.17. The second kappa shape index (κ2) is 3.34. The van der Waals surface area contributed by atoms with E-state index in [0.29, 0.717) is 11.8 Å². The third-order valence-corrected chi connectivity index (χ3v) is 1.61. The Kier molecular flexibility index (Phi) is 2.44. The van der Waals surface area contributed by atoms with Crippen molar-refractivity contribution in [2.24, 2.45) is 0 Å². The third-order valence-electron chi connectivity index (χ3n) is 1.32. The van der Waals surface area contributed by atoms with Gasteiger partial charge in [-0.25, -0.2) is 0 Å². The summed E-state index contributed by atoms with van der Waals surface area (Å²) < 4.78 is 0. The highest BCUT2D eigenvalue weighted by Gasteiger charge is 2.01. The lowest BCUT2D eigenvalue weighted by molar-refractivity contribution is 0.112. The maximum Gasteiger partial charge on any atom is 0.196 e. The molecule has 0 aliphatic rings. The number of carbonyl (C=O) groups excluding carboxylic acids is 1. The van der Waals surface area contributed by atoms with Crippen LogP contribution in [-0.4, -0.2) is 11.3 Å². The van der Waals surface area contributed by atoms with Gasteiger partial charge in [0.05, 0.1) is 11.4 Å². The SMILES string of the molecule is O=Cc1c[nH]cc(CCl)c1=O. The zero-order chi connectivity index (χ0) is 8.27. The monoisotopic (exact) mass is 171 g/mol. The summed E-state index contributed by atoms with van der Waals surface area (Å²) in [7, 11) is 0. The molecule has 0 aromatic carbocycles. The molecule has 1 heterocycles. The molecule has 0 unspecified atom stereocenters. The number of H-pyrrole nitrogens is 1. The van der Waals surface area contributed by atoms with Crippen molar-refractivity contribution in [3.63, 3.8) is 0 Å². The minimum atomic E-state index is -0.297. The smallest absolute Gasteiger partial charge is 0.196 e. The van der Waals surface area contributed by atoms with Crippen molar-refractivity contribution in [3.05, 3.63) is 33.7 Å². The average molecular weight is 172 g/mol. The van der Waals surface area contributed by atoms with E-state index in [9.17, 15) is 9.59 Å². The molecule has 11 heavy (non-hydrogen) atoms. The molecule has 0 aliphatic carbocycles. The van der Waals surface area contributed by atoms with E-state index >= 15 is 0 Å². The molecule has 3 nitrogen and oxygen atoms in total. The van der Waals surface area contributed by atoms with Crippen LogP contribution < -0.4 is 5.43 Å². The summed E-state index contributed by atoms with van der Waals surface area (Å²) in [4.78, 5) is 24.0. The standard InChI is InChI=1S/C7H6ClNO2/c8-1-5-2-9-3-6(4-10)7(5)11/h2-4H,1H2,(H,9,11). The molecular weight excluding hydrogens is 166 g/mol. The Morgan fingerprint density at radius 1 is 1.55 bits per heavy atom. The van der Waals surface area contributed by atoms with Gasteiger partial charge in [0.25, 0.3) is 0 Å². The Balaban J connectivity index is 3.32. The van der Waals surface area contributed by atoms with Gasteiger partial charge in [-0.3, -0.25) is 9.59 Å². The number of aromatic nitrogens is 1. The number of pyridine rings is 1. The summed E-state index contributed by atoms with van der Waals surface area (Å²) in [6.45, 7) is 0. The zero-order valence-corrected chi connectivity index (χ0v) is 6.39. The Morgan fingerprint density at radius 2 is 2.27 bits per heavy atom. The quantitative estimate of drug-likeness (QED) is 0.532. The molecule has 0 bridgehead atoms. The number of alkyl halides is 1. The van der Waals surface area contributed by atoms with E-state index < -0.39 is 0 Å². The van der Waals surface area contributed by atoms with Crippen LogP contribution in [0.4, 0.5) is 0 Å². The average Bonchev–Trinajstić information content (AvgIpc) is 2.05. The second-order valence-electron chi connectivity index (χ2n) is 2.02. The maximum absolute atomic E-state index is 11.1. The molecule has 0 saturated carbocycles. The first-order valence-corrected chi connectivity index (χ1v) is 3.54. The van der Waals surface area contributed by atoms with Crippen molar-refractivity contribution in [2.45, 2.75) is 5.88 Å². The van der Waals surface area contributed by atoms with Crippen molar-refractivity contribution >= 4 is 17.9 Å². The molecule has 1 aromatic heterocycles. The maximum atomic E-state index is 11.1. The van der Waals surface area contributed by atoms with E-state index in [2.05, 4.69) is 4.98 Å². The molecule has 58 valence electrons. The van der Waals surface area contributed by atoms with Gasteiger partial charge in [0.15, 0.2) is 11.7 Å². The Bertz CT molecular complexity index is 318. The molecule has 0 saturated heterocycles. The van der Waals surface area contributed by atoms with E-state index in [4.69, 9.17) is 11.6 Å². The molecule has 1 aromatic rings. The highest BCUT2D eigenvalue weighted by Crippen LogP contribution is 1.95. The van der Waals surface area contributed by atoms with Gasteiger partial charge in [-0.2, -0.15) is 0 Å². The van der Waals surface area contributed by atoms with Gasteiger partial charge in [0.2, 0.25) is 0 Å². The number of nitrogens with one attached hydrogen (secondary N) is 1. The van der Waals surface area contributed by atoms with Crippen molar-refractivity contribution in [1.82, 2.24) is 4.98 Å². The molecule has 0 fully saturated rings. The molecule has 0 spiro atoms. The predicted octanol–water partition coefficient (Wildman–Crippen LogP) is 0.926. The van der Waals surface area contributed by atoms with Crippen LogP contribution in [0.1, 0.15) is 15.9 Å². The van der Waals surface area contributed by atoms with Crippen LogP contribution in [0.2, 0.25) is 0 Å². The van der Waals surface area contributed by atoms with Crippen molar-refractivity contribution in [1.29, 1.82) is 0 Å². The first-order valence-electron chi connectivity index (χ1n) is 3.00. The van der Waals surface area contributed by atoms with E-state index in [0.717, 1.165) is 0 Å². The van der Waals surface area contributed by atoms with Gasteiger partial charge < -0.3 is 4.98 Å². The van der Waals surface area contributed by atoms with Crippen LogP contribution in [0.5, 0.6) is 0 Å². The first kappa shape index (κ1) is 8.01. The largest absolute Gasteiger partial charge is 0.366 e. The van der Waals surface area contributed by atoms with Gasteiger partial charge in [-0.05, 0) is 0 Å². The number of carbonyl (C=O) groups is 1. The fourth-order valence-electron chi connectivity index (χ4n) is 0.735. The lowest BCUT2D eigenvalue weighted by atomic mass is 10.2. The number of aldehydes is 1. The zero-order valence-electron chi connectivity index (χ0n) is 5.63. The minimum Gasteiger partial charge on any atom is -0.366 e. The fraction of sp³-hybridized carbons (Fsp3) is 0.143. The van der Waals surface area contributed by atoms with E-state index in [-0.39, 0.29) is 16.9 Å². The van der Waals surface area contributed by atoms with Gasteiger partial charge in [0.1, 0.15) is 0 Å². The molecule has 1 N–H and O–H groups in total. The molecule has 0 amide bonds. The second-order valence-corrected chi connectivity index (χ2v) is 2.28. The van der Waals surface area contributed by atoms with E-state index in [1.807, 2.05) is 0 Å². The number of rotatable bonds is 2. The van der Waals surface area contributed by atoms with Crippen LogP contribution in [0.15, 0.2) is 17.2 Å². The number of hydrogen-bond acceptors (Lipinski definition) is 2. The van der Waals surface area contributed by atoms with Crippen LogP contribution in [-0.2, 0) is 5.88 Å². The molecule has 0 atom stereocenters. The van der Waals surface area contributed by atoms with Crippen molar-refractivity contribution < 1.29 is 4.79 Å². The molecule has 1 rings (SSSR count). The molecule has 0 aliphatic heterocycles. The lowest BCUT2D eigenvalue weighted by Crippen LogP contribution is -2.12. The summed E-state index contributed by atoms with van der Waals surface area (Å²) in [5, 5.41) is 0. The van der Waals surface area contributed by atoms with E-state index in [1.165, 1.54) is 12.4 Å². The number of aromatic amines is 1. The molecule has 0 radical (unpaired) electrons. The molecule has 4 heteroatoms. The van der Waals surface area contributed by atoms with Crippen LogP contribution in [0.25, 0.3) is 0 Å². The van der Waals surface area contributed by atoms with Gasteiger partial charge >= 0.3 is 0 Å². The van der Waals surface area contributed by atoms with E-state index in [1.54, 1.807) is 0 Å². The number of hydrogen-bond donors (Lipinski definition) is 1. The summed E-state index contributed by atoms with van der Waals surface area (Å²) in [5.41, 5.74) is 0.230. The van der Waals surface area contributed by atoms with Gasteiger partial charge in [-0.1, -0.05) is 0 Å². The van der Waals surface area contributed by atoms with Gasteiger partial charge in [0, 0.05) is 18.0 Å². The molecular formula is C7H6ClNO2. The summed E-state index contributed by atoms with van der Waals surface area (Å²) in [6, 6.07) is 0. The Morgan fingerprint density at radius 3 is 2.82 bits per heavy atom. The van der Waals surface area contributed by atoms with Crippen LogP contribution >= 0.6 is 11.6 Å². The van der Waals surface area contributed by atoms with Gasteiger partial charge in [-0.15, -0.1) is 11.6 Å². The third kappa shape index (κ3) is 1.49. The van der Waals surface area contributed by atoms with Crippen molar-refractivity contribution in [2.75, 3.05) is 0 Å². The summed E-state index contributed by atoms with van der Waals surface area (Å²) in [6.07, 6.45) is 3.35. The fourth-order valence-corrected chi connectivity index (χ4v) is 0.934. The topological polar surface area (TPSA) is 49.9 Å². The normalized spacial score (nSPS) is 9.55. The Hall–Kier alpha value is -1.09. The van der Waals surface area contributed by atoms with Crippen LogP contribution in [0, 0.1) is 0 Å². The van der Waals surface area contributed by atoms with Crippen molar-refractivity contribution in [3.8, 4) is 0 Å². The minimum absolute atomic E-state index is 0.114. The summed E-state index contributed by atoms with van der Waals surface area (Å²) in [5.74, 6) is 0.122.